The molecule has 0 amide bonds. The molecule has 19 heavy (non-hydrogen) atoms. The average molecular weight is 290 g/mol. The molecular formula is C14H30O4Si. The summed E-state index contributed by atoms with van der Waals surface area (Å²) in [6.45, 7) is 12.3. The van der Waals surface area contributed by atoms with E-state index in [4.69, 9.17) is 4.43 Å². The third kappa shape index (κ3) is 5.36. The molecule has 0 aromatic carbocycles. The Morgan fingerprint density at radius 2 is 1.79 bits per heavy atom. The average Bonchev–Trinajstić information content (AvgIpc) is 2.27. The summed E-state index contributed by atoms with van der Waals surface area (Å²) in [5.74, 6) is 0. The molecule has 0 aromatic heterocycles. The summed E-state index contributed by atoms with van der Waals surface area (Å²) in [5, 5.41) is 29.4. The molecule has 0 saturated carbocycles. The molecule has 5 heteroatoms. The Morgan fingerprint density at radius 3 is 2.16 bits per heavy atom. The van der Waals surface area contributed by atoms with Crippen LogP contribution < -0.4 is 0 Å². The highest BCUT2D eigenvalue weighted by Gasteiger charge is 2.39. The van der Waals surface area contributed by atoms with Gasteiger partial charge in [-0.1, -0.05) is 32.9 Å². The van der Waals surface area contributed by atoms with E-state index in [0.717, 1.165) is 0 Å². The molecule has 0 rings (SSSR count). The number of aliphatic hydroxyl groups excluding tert-OH is 2. The molecule has 3 N–H and O–H groups in total. The molecule has 4 nitrogen and oxygen atoms in total. The standard InChI is InChI=1S/C14H30O4Si/c1-7-8-12(16)14(17,11-15)9-10-18-19(5,6)13(2,3)4/h7-8,12,15-17H,9-11H2,1-6H3/b8-7+/t12-,14-/m1/s1. The van der Waals surface area contributed by atoms with Gasteiger partial charge in [0.1, 0.15) is 11.7 Å². The van der Waals surface area contributed by atoms with Crippen LogP contribution >= 0.6 is 0 Å². The van der Waals surface area contributed by atoms with Gasteiger partial charge < -0.3 is 19.7 Å². The predicted octanol–water partition coefficient (Wildman–Crippen LogP) is 2.06. The van der Waals surface area contributed by atoms with Gasteiger partial charge in [0.2, 0.25) is 0 Å². The second-order valence-corrected chi connectivity index (χ2v) is 11.4. The fraction of sp³-hybridized carbons (Fsp3) is 0.857. The first kappa shape index (κ1) is 18.8. The molecule has 2 atom stereocenters. The Labute approximate surface area is 118 Å². The molecule has 0 heterocycles. The topological polar surface area (TPSA) is 69.9 Å². The van der Waals surface area contributed by atoms with Crippen molar-refractivity contribution in [2.75, 3.05) is 13.2 Å². The number of aliphatic hydroxyl groups is 3. The first-order valence-corrected chi connectivity index (χ1v) is 9.69. The maximum Gasteiger partial charge on any atom is 0.191 e. The normalized spacial score (nSPS) is 18.6. The van der Waals surface area contributed by atoms with Gasteiger partial charge in [-0.25, -0.2) is 0 Å². The molecule has 114 valence electrons. The minimum atomic E-state index is -1.86. The monoisotopic (exact) mass is 290 g/mol. The van der Waals surface area contributed by atoms with Crippen LogP contribution in [0.25, 0.3) is 0 Å². The molecule has 0 aliphatic carbocycles. The van der Waals surface area contributed by atoms with Crippen molar-refractivity contribution in [1.29, 1.82) is 0 Å². The zero-order valence-corrected chi connectivity index (χ0v) is 14.1. The molecule has 0 aromatic rings. The summed E-state index contributed by atoms with van der Waals surface area (Å²) in [5.41, 5.74) is -1.53. The Hall–Kier alpha value is -0.203. The number of rotatable bonds is 7. The molecular weight excluding hydrogens is 260 g/mol. The Kier molecular flexibility index (Phi) is 6.92. The molecule has 0 aliphatic heterocycles. The maximum absolute atomic E-state index is 10.2. The van der Waals surface area contributed by atoms with Crippen molar-refractivity contribution in [3.8, 4) is 0 Å². The lowest BCUT2D eigenvalue weighted by Crippen LogP contribution is -2.47. The number of hydrogen-bond donors (Lipinski definition) is 3. The summed E-state index contributed by atoms with van der Waals surface area (Å²) < 4.78 is 5.95. The molecule has 0 bridgehead atoms. The van der Waals surface area contributed by atoms with Crippen LogP contribution in [0.2, 0.25) is 18.1 Å². The fourth-order valence-corrected chi connectivity index (χ4v) is 2.43. The van der Waals surface area contributed by atoms with Crippen LogP contribution in [0.15, 0.2) is 12.2 Å². The Morgan fingerprint density at radius 1 is 1.26 bits per heavy atom. The smallest absolute Gasteiger partial charge is 0.191 e. The SMILES string of the molecule is C/C=C/[C@@H](O)[C@](O)(CO)CCO[Si](C)(C)C(C)(C)C. The van der Waals surface area contributed by atoms with Crippen LogP contribution in [0.5, 0.6) is 0 Å². The van der Waals surface area contributed by atoms with E-state index in [0.29, 0.717) is 6.61 Å². The van der Waals surface area contributed by atoms with E-state index in [9.17, 15) is 15.3 Å². The minimum Gasteiger partial charge on any atom is -0.417 e. The third-order valence-electron chi connectivity index (χ3n) is 4.00. The molecule has 0 unspecified atom stereocenters. The van der Waals surface area contributed by atoms with E-state index >= 15 is 0 Å². The number of allylic oxidation sites excluding steroid dienone is 1. The van der Waals surface area contributed by atoms with Gasteiger partial charge in [0.25, 0.3) is 0 Å². The first-order valence-electron chi connectivity index (χ1n) is 6.78. The minimum absolute atomic E-state index is 0.103. The highest BCUT2D eigenvalue weighted by molar-refractivity contribution is 6.74. The summed E-state index contributed by atoms with van der Waals surface area (Å²) >= 11 is 0. The van der Waals surface area contributed by atoms with Crippen LogP contribution in [0.3, 0.4) is 0 Å². The van der Waals surface area contributed by atoms with Crippen molar-refractivity contribution in [1.82, 2.24) is 0 Å². The fourth-order valence-electron chi connectivity index (χ4n) is 1.38. The highest BCUT2D eigenvalue weighted by atomic mass is 28.4. The zero-order valence-electron chi connectivity index (χ0n) is 13.1. The first-order chi connectivity index (χ1) is 8.50. The number of hydrogen-bond acceptors (Lipinski definition) is 4. The Bertz CT molecular complexity index is 296. The summed E-state index contributed by atoms with van der Waals surface area (Å²) in [6, 6.07) is 0. The van der Waals surface area contributed by atoms with Crippen molar-refractivity contribution < 1.29 is 19.7 Å². The maximum atomic E-state index is 10.2. The van der Waals surface area contributed by atoms with Gasteiger partial charge in [0, 0.05) is 13.0 Å². The van der Waals surface area contributed by atoms with Crippen molar-refractivity contribution >= 4 is 8.32 Å². The van der Waals surface area contributed by atoms with Crippen LogP contribution in [-0.4, -0.2) is 48.6 Å². The van der Waals surface area contributed by atoms with E-state index in [2.05, 4.69) is 33.9 Å². The molecule has 0 fully saturated rings. The molecule has 0 aliphatic rings. The lowest BCUT2D eigenvalue weighted by Gasteiger charge is -2.37. The van der Waals surface area contributed by atoms with Crippen molar-refractivity contribution in [3.63, 3.8) is 0 Å². The van der Waals surface area contributed by atoms with Crippen LogP contribution in [0.4, 0.5) is 0 Å². The predicted molar refractivity (Wildman–Crippen MR) is 80.6 cm³/mol. The van der Waals surface area contributed by atoms with Gasteiger partial charge in [-0.15, -0.1) is 0 Å². The zero-order chi connectivity index (χ0) is 15.3. The molecule has 0 radical (unpaired) electrons. The van der Waals surface area contributed by atoms with Crippen LogP contribution in [-0.2, 0) is 4.43 Å². The van der Waals surface area contributed by atoms with Gasteiger partial charge >= 0.3 is 0 Å². The van der Waals surface area contributed by atoms with Gasteiger partial charge in [-0.3, -0.25) is 0 Å². The van der Waals surface area contributed by atoms with Gasteiger partial charge in [0.15, 0.2) is 8.32 Å². The largest absolute Gasteiger partial charge is 0.417 e. The van der Waals surface area contributed by atoms with E-state index in [-0.39, 0.29) is 11.5 Å². The van der Waals surface area contributed by atoms with Gasteiger partial charge in [0.05, 0.1) is 6.61 Å². The summed E-state index contributed by atoms with van der Waals surface area (Å²) in [7, 11) is -1.86. The highest BCUT2D eigenvalue weighted by Crippen LogP contribution is 2.36. The van der Waals surface area contributed by atoms with Gasteiger partial charge in [-0.2, -0.15) is 0 Å². The molecule has 0 saturated heterocycles. The Balaban J connectivity index is 4.54. The summed E-state index contributed by atoms with van der Waals surface area (Å²) in [6.07, 6.45) is 2.26. The van der Waals surface area contributed by atoms with E-state index in [1.54, 1.807) is 13.0 Å². The van der Waals surface area contributed by atoms with Gasteiger partial charge in [-0.05, 0) is 25.1 Å². The van der Waals surface area contributed by atoms with E-state index in [1.165, 1.54) is 6.08 Å². The van der Waals surface area contributed by atoms with Crippen molar-refractivity contribution in [3.05, 3.63) is 12.2 Å². The van der Waals surface area contributed by atoms with Crippen molar-refractivity contribution in [2.24, 2.45) is 0 Å². The summed E-state index contributed by atoms with van der Waals surface area (Å²) in [4.78, 5) is 0. The molecule has 0 spiro atoms. The quantitative estimate of drug-likeness (QED) is 0.496. The van der Waals surface area contributed by atoms with Crippen LogP contribution in [0.1, 0.15) is 34.1 Å². The van der Waals surface area contributed by atoms with E-state index in [1.807, 2.05) is 0 Å². The van der Waals surface area contributed by atoms with Crippen LogP contribution in [0, 0.1) is 0 Å². The van der Waals surface area contributed by atoms with E-state index < -0.39 is 26.6 Å². The lowest BCUT2D eigenvalue weighted by molar-refractivity contribution is -0.0965. The van der Waals surface area contributed by atoms with Crippen molar-refractivity contribution in [2.45, 2.75) is 64.0 Å². The third-order valence-corrected chi connectivity index (χ3v) is 8.54. The lowest BCUT2D eigenvalue weighted by atomic mass is 9.94. The second-order valence-electron chi connectivity index (χ2n) is 6.59. The second kappa shape index (κ2) is 6.99.